The zero-order chi connectivity index (χ0) is 13.5. The van der Waals surface area contributed by atoms with Gasteiger partial charge in [-0.25, -0.2) is 14.6 Å². The van der Waals surface area contributed by atoms with E-state index in [9.17, 15) is 4.79 Å². The molecular weight excluding hydrogens is 244 g/mol. The minimum absolute atomic E-state index is 0.443. The van der Waals surface area contributed by atoms with E-state index in [-0.39, 0.29) is 0 Å². The summed E-state index contributed by atoms with van der Waals surface area (Å²) in [5, 5.41) is 8.56. The van der Waals surface area contributed by atoms with Gasteiger partial charge in [0.05, 0.1) is 0 Å². The highest BCUT2D eigenvalue weighted by atomic mass is 17.2. The lowest BCUT2D eigenvalue weighted by molar-refractivity contribution is -0.315. The Hall–Kier alpha value is -2.17. The average Bonchev–Trinajstić information content (AvgIpc) is 2.45. The predicted molar refractivity (Wildman–Crippen MR) is 69.4 cm³/mol. The fourth-order valence-corrected chi connectivity index (χ4v) is 1.71. The van der Waals surface area contributed by atoms with Crippen LogP contribution in [-0.4, -0.2) is 17.7 Å². The van der Waals surface area contributed by atoms with E-state index >= 15 is 0 Å². The van der Waals surface area contributed by atoms with Gasteiger partial charge in [-0.1, -0.05) is 60.7 Å². The van der Waals surface area contributed by atoms with Gasteiger partial charge in [0.2, 0.25) is 0 Å². The standard InChI is InChI=1S/C15H14O4/c16-14(17)11-18-19-15(12-7-3-1-4-8-12)13-9-5-2-6-10-13/h1-10,15H,11H2,(H,16,17). The van der Waals surface area contributed by atoms with Crippen LogP contribution in [0.3, 0.4) is 0 Å². The van der Waals surface area contributed by atoms with Gasteiger partial charge in [0.15, 0.2) is 6.61 Å². The van der Waals surface area contributed by atoms with Gasteiger partial charge in [0, 0.05) is 0 Å². The quantitative estimate of drug-likeness (QED) is 0.639. The molecule has 1 N–H and O–H groups in total. The Morgan fingerprint density at radius 1 is 0.947 bits per heavy atom. The Bertz CT molecular complexity index is 471. The Kier molecular flexibility index (Phi) is 4.66. The van der Waals surface area contributed by atoms with Gasteiger partial charge in [0.25, 0.3) is 0 Å². The van der Waals surface area contributed by atoms with Crippen LogP contribution in [0.15, 0.2) is 60.7 Å². The molecule has 0 amide bonds. The van der Waals surface area contributed by atoms with Gasteiger partial charge < -0.3 is 5.11 Å². The molecule has 0 saturated heterocycles. The fraction of sp³-hybridized carbons (Fsp3) is 0.133. The summed E-state index contributed by atoms with van der Waals surface area (Å²) in [5.41, 5.74) is 1.80. The van der Waals surface area contributed by atoms with E-state index in [0.29, 0.717) is 0 Å². The molecule has 19 heavy (non-hydrogen) atoms. The van der Waals surface area contributed by atoms with Crippen molar-refractivity contribution < 1.29 is 19.7 Å². The highest BCUT2D eigenvalue weighted by molar-refractivity contribution is 5.67. The minimum atomic E-state index is -1.07. The monoisotopic (exact) mass is 258 g/mol. The Balaban J connectivity index is 2.17. The van der Waals surface area contributed by atoms with Crippen LogP contribution in [0.5, 0.6) is 0 Å². The molecule has 98 valence electrons. The lowest BCUT2D eigenvalue weighted by Gasteiger charge is -2.16. The first-order valence-corrected chi connectivity index (χ1v) is 5.87. The molecule has 4 heteroatoms. The van der Waals surface area contributed by atoms with Crippen molar-refractivity contribution in [3.05, 3.63) is 71.8 Å². The molecule has 0 heterocycles. The number of carboxylic acids is 1. The van der Waals surface area contributed by atoms with Crippen molar-refractivity contribution in [3.63, 3.8) is 0 Å². The van der Waals surface area contributed by atoms with Crippen molar-refractivity contribution in [1.82, 2.24) is 0 Å². The molecule has 0 spiro atoms. The van der Waals surface area contributed by atoms with Crippen molar-refractivity contribution in [2.24, 2.45) is 0 Å². The zero-order valence-electron chi connectivity index (χ0n) is 10.2. The molecule has 2 rings (SSSR count). The SMILES string of the molecule is O=C(O)COOC(c1ccccc1)c1ccccc1. The largest absolute Gasteiger partial charge is 0.479 e. The molecule has 2 aromatic carbocycles. The van der Waals surface area contributed by atoms with Crippen molar-refractivity contribution in [2.75, 3.05) is 6.61 Å². The molecule has 4 nitrogen and oxygen atoms in total. The van der Waals surface area contributed by atoms with Crippen molar-refractivity contribution in [2.45, 2.75) is 6.10 Å². The van der Waals surface area contributed by atoms with Crippen LogP contribution in [0.2, 0.25) is 0 Å². The number of hydrogen-bond acceptors (Lipinski definition) is 3. The molecule has 0 aliphatic heterocycles. The van der Waals surface area contributed by atoms with E-state index in [0.717, 1.165) is 11.1 Å². The maximum Gasteiger partial charge on any atom is 0.333 e. The molecular formula is C15H14O4. The van der Waals surface area contributed by atoms with E-state index in [1.54, 1.807) is 0 Å². The summed E-state index contributed by atoms with van der Waals surface area (Å²) in [4.78, 5) is 20.5. The Labute approximate surface area is 111 Å². The highest BCUT2D eigenvalue weighted by Crippen LogP contribution is 2.25. The first-order chi connectivity index (χ1) is 9.27. The summed E-state index contributed by atoms with van der Waals surface area (Å²) in [7, 11) is 0. The van der Waals surface area contributed by atoms with Gasteiger partial charge in [-0.3, -0.25) is 0 Å². The molecule has 0 unspecified atom stereocenters. The van der Waals surface area contributed by atoms with Gasteiger partial charge in [0.1, 0.15) is 6.10 Å². The van der Waals surface area contributed by atoms with Crippen LogP contribution in [0.1, 0.15) is 17.2 Å². The molecule has 0 bridgehead atoms. The van der Waals surface area contributed by atoms with Gasteiger partial charge in [-0.2, -0.15) is 0 Å². The Morgan fingerprint density at radius 2 is 1.42 bits per heavy atom. The molecule has 2 aromatic rings. The van der Waals surface area contributed by atoms with Crippen LogP contribution < -0.4 is 0 Å². The Morgan fingerprint density at radius 3 is 1.84 bits per heavy atom. The highest BCUT2D eigenvalue weighted by Gasteiger charge is 2.16. The second-order valence-corrected chi connectivity index (χ2v) is 3.95. The fourth-order valence-electron chi connectivity index (χ4n) is 1.71. The minimum Gasteiger partial charge on any atom is -0.479 e. The topological polar surface area (TPSA) is 55.8 Å². The van der Waals surface area contributed by atoms with E-state index in [1.807, 2.05) is 60.7 Å². The van der Waals surface area contributed by atoms with E-state index in [4.69, 9.17) is 14.9 Å². The van der Waals surface area contributed by atoms with Crippen LogP contribution in [-0.2, 0) is 14.6 Å². The lowest BCUT2D eigenvalue weighted by Crippen LogP contribution is -2.12. The van der Waals surface area contributed by atoms with Gasteiger partial charge in [-0.15, -0.1) is 0 Å². The number of benzene rings is 2. The van der Waals surface area contributed by atoms with E-state index in [1.165, 1.54) is 0 Å². The van der Waals surface area contributed by atoms with Crippen LogP contribution in [0.4, 0.5) is 0 Å². The summed E-state index contributed by atoms with van der Waals surface area (Å²) >= 11 is 0. The summed E-state index contributed by atoms with van der Waals surface area (Å²) in [6.07, 6.45) is -0.443. The van der Waals surface area contributed by atoms with Gasteiger partial charge >= 0.3 is 5.97 Å². The third kappa shape index (κ3) is 3.91. The number of carbonyl (C=O) groups is 1. The molecule has 0 atom stereocenters. The maximum absolute atomic E-state index is 10.4. The molecule has 0 saturated carbocycles. The molecule has 0 aliphatic carbocycles. The first kappa shape index (κ1) is 13.3. The molecule has 0 aromatic heterocycles. The van der Waals surface area contributed by atoms with E-state index in [2.05, 4.69) is 0 Å². The molecule has 0 radical (unpaired) electrons. The van der Waals surface area contributed by atoms with Gasteiger partial charge in [-0.05, 0) is 11.1 Å². The number of carboxylic acid groups (broad SMARTS) is 1. The van der Waals surface area contributed by atoms with Crippen molar-refractivity contribution in [1.29, 1.82) is 0 Å². The van der Waals surface area contributed by atoms with Crippen LogP contribution in [0.25, 0.3) is 0 Å². The summed E-state index contributed by atoms with van der Waals surface area (Å²) in [6, 6.07) is 19.0. The summed E-state index contributed by atoms with van der Waals surface area (Å²) in [5.74, 6) is -1.07. The summed E-state index contributed by atoms with van der Waals surface area (Å²) in [6.45, 7) is -0.490. The third-order valence-corrected chi connectivity index (χ3v) is 2.55. The predicted octanol–water partition coefficient (Wildman–Crippen LogP) is 2.81. The summed E-state index contributed by atoms with van der Waals surface area (Å²) < 4.78 is 0. The molecule has 0 aliphatic rings. The van der Waals surface area contributed by atoms with E-state index < -0.39 is 18.7 Å². The number of hydrogen-bond donors (Lipinski definition) is 1. The third-order valence-electron chi connectivity index (χ3n) is 2.55. The number of aliphatic carboxylic acids is 1. The smallest absolute Gasteiger partial charge is 0.333 e. The lowest BCUT2D eigenvalue weighted by atomic mass is 10.0. The second-order valence-electron chi connectivity index (χ2n) is 3.95. The molecule has 0 fully saturated rings. The van der Waals surface area contributed by atoms with Crippen LogP contribution in [0, 0.1) is 0 Å². The maximum atomic E-state index is 10.4. The zero-order valence-corrected chi connectivity index (χ0v) is 10.2. The first-order valence-electron chi connectivity index (χ1n) is 5.87. The average molecular weight is 258 g/mol. The normalized spacial score (nSPS) is 10.6. The van der Waals surface area contributed by atoms with Crippen molar-refractivity contribution in [3.8, 4) is 0 Å². The number of rotatable bonds is 6. The van der Waals surface area contributed by atoms with Crippen LogP contribution >= 0.6 is 0 Å². The second kappa shape index (κ2) is 6.68. The van der Waals surface area contributed by atoms with Crippen molar-refractivity contribution >= 4 is 5.97 Å².